The van der Waals surface area contributed by atoms with Crippen LogP contribution in [0.1, 0.15) is 20.7 Å². The standard InChI is InChI=1S/C15H14N4O2S/c16-13(20)9-4-6-11(7-5-9)18-15(22)19-12-3-1-2-10(8-12)14(17)21/h1-8H,(H2,16,20)(H2,17,21)(H2,18,19,22). The highest BCUT2D eigenvalue weighted by atomic mass is 32.1. The molecule has 0 aliphatic heterocycles. The molecule has 6 N–H and O–H groups in total. The van der Waals surface area contributed by atoms with Crippen LogP contribution >= 0.6 is 12.2 Å². The number of carbonyl (C=O) groups excluding carboxylic acids is 2. The minimum Gasteiger partial charge on any atom is -0.366 e. The van der Waals surface area contributed by atoms with Crippen molar-refractivity contribution in [2.24, 2.45) is 11.5 Å². The minimum atomic E-state index is -0.510. The maximum atomic E-state index is 11.1. The average Bonchev–Trinajstić information content (AvgIpc) is 2.47. The Balaban J connectivity index is 2.02. The summed E-state index contributed by atoms with van der Waals surface area (Å²) in [6.45, 7) is 0. The van der Waals surface area contributed by atoms with Crippen molar-refractivity contribution < 1.29 is 9.59 Å². The molecule has 0 radical (unpaired) electrons. The number of amides is 2. The predicted octanol–water partition coefficient (Wildman–Crippen LogP) is 1.69. The van der Waals surface area contributed by atoms with E-state index in [4.69, 9.17) is 23.7 Å². The van der Waals surface area contributed by atoms with Crippen LogP contribution in [0.3, 0.4) is 0 Å². The molecule has 0 bridgehead atoms. The van der Waals surface area contributed by atoms with Crippen molar-refractivity contribution in [2.75, 3.05) is 10.6 Å². The number of nitrogens with one attached hydrogen (secondary N) is 2. The van der Waals surface area contributed by atoms with Crippen molar-refractivity contribution in [1.82, 2.24) is 0 Å². The molecule has 0 atom stereocenters. The van der Waals surface area contributed by atoms with E-state index in [1.807, 2.05) is 0 Å². The lowest BCUT2D eigenvalue weighted by Crippen LogP contribution is -2.20. The first-order chi connectivity index (χ1) is 10.5. The molecule has 0 unspecified atom stereocenters. The van der Waals surface area contributed by atoms with Crippen LogP contribution in [0.5, 0.6) is 0 Å². The molecule has 7 heteroatoms. The molecule has 0 fully saturated rings. The van der Waals surface area contributed by atoms with Gasteiger partial charge in [0.05, 0.1) is 0 Å². The highest BCUT2D eigenvalue weighted by Crippen LogP contribution is 2.13. The summed E-state index contributed by atoms with van der Waals surface area (Å²) < 4.78 is 0. The molecule has 0 aliphatic carbocycles. The Morgan fingerprint density at radius 2 is 1.41 bits per heavy atom. The van der Waals surface area contributed by atoms with Gasteiger partial charge in [-0.2, -0.15) is 0 Å². The van der Waals surface area contributed by atoms with Gasteiger partial charge in [-0.1, -0.05) is 6.07 Å². The van der Waals surface area contributed by atoms with Crippen LogP contribution in [0.15, 0.2) is 48.5 Å². The zero-order chi connectivity index (χ0) is 16.1. The highest BCUT2D eigenvalue weighted by Gasteiger charge is 2.04. The van der Waals surface area contributed by atoms with Gasteiger partial charge in [0.2, 0.25) is 11.8 Å². The molecular formula is C15H14N4O2S. The zero-order valence-corrected chi connectivity index (χ0v) is 12.3. The van der Waals surface area contributed by atoms with Crippen molar-refractivity contribution in [1.29, 1.82) is 0 Å². The van der Waals surface area contributed by atoms with E-state index in [-0.39, 0.29) is 0 Å². The molecule has 0 aliphatic rings. The number of rotatable bonds is 4. The molecular weight excluding hydrogens is 300 g/mol. The van der Waals surface area contributed by atoms with Gasteiger partial charge in [0.15, 0.2) is 5.11 Å². The molecule has 0 spiro atoms. The van der Waals surface area contributed by atoms with E-state index in [0.29, 0.717) is 27.6 Å². The zero-order valence-electron chi connectivity index (χ0n) is 11.5. The maximum Gasteiger partial charge on any atom is 0.248 e. The smallest absolute Gasteiger partial charge is 0.248 e. The monoisotopic (exact) mass is 314 g/mol. The number of benzene rings is 2. The predicted molar refractivity (Wildman–Crippen MR) is 89.8 cm³/mol. The van der Waals surface area contributed by atoms with Crippen LogP contribution in [0, 0.1) is 0 Å². The van der Waals surface area contributed by atoms with Gasteiger partial charge >= 0.3 is 0 Å². The van der Waals surface area contributed by atoms with Crippen LogP contribution in [-0.2, 0) is 0 Å². The van der Waals surface area contributed by atoms with Crippen molar-refractivity contribution in [2.45, 2.75) is 0 Å². The molecule has 2 rings (SSSR count). The van der Waals surface area contributed by atoms with Crippen LogP contribution < -0.4 is 22.1 Å². The first kappa shape index (κ1) is 15.5. The summed E-state index contributed by atoms with van der Waals surface area (Å²) in [5, 5.41) is 6.24. The lowest BCUT2D eigenvalue weighted by molar-refractivity contribution is 0.0992. The Hall–Kier alpha value is -2.93. The fourth-order valence-corrected chi connectivity index (χ4v) is 2.00. The van der Waals surface area contributed by atoms with E-state index in [9.17, 15) is 9.59 Å². The Morgan fingerprint density at radius 1 is 0.818 bits per heavy atom. The molecule has 0 saturated carbocycles. The summed E-state index contributed by atoms with van der Waals surface area (Å²) in [6.07, 6.45) is 0. The summed E-state index contributed by atoms with van der Waals surface area (Å²) in [6, 6.07) is 13.3. The number of nitrogens with two attached hydrogens (primary N) is 2. The maximum absolute atomic E-state index is 11.1. The Kier molecular flexibility index (Phi) is 4.70. The van der Waals surface area contributed by atoms with Crippen LogP contribution in [0.4, 0.5) is 11.4 Å². The largest absolute Gasteiger partial charge is 0.366 e. The Labute approximate surface area is 132 Å². The number of hydrogen-bond donors (Lipinski definition) is 4. The molecule has 2 aromatic carbocycles. The first-order valence-corrected chi connectivity index (χ1v) is 6.74. The first-order valence-electron chi connectivity index (χ1n) is 6.33. The molecule has 22 heavy (non-hydrogen) atoms. The van der Waals surface area contributed by atoms with E-state index in [1.54, 1.807) is 48.5 Å². The third-order valence-corrected chi connectivity index (χ3v) is 3.04. The number of hydrogen-bond acceptors (Lipinski definition) is 3. The topological polar surface area (TPSA) is 110 Å². The molecule has 112 valence electrons. The molecule has 0 heterocycles. The van der Waals surface area contributed by atoms with Gasteiger partial charge in [-0.15, -0.1) is 0 Å². The third kappa shape index (κ3) is 4.03. The second kappa shape index (κ2) is 6.68. The molecule has 0 aromatic heterocycles. The van der Waals surface area contributed by atoms with Gasteiger partial charge < -0.3 is 22.1 Å². The minimum absolute atomic E-state index is 0.341. The lowest BCUT2D eigenvalue weighted by atomic mass is 10.2. The number of anilines is 2. The fraction of sp³-hybridized carbons (Fsp3) is 0. The quantitative estimate of drug-likeness (QED) is 0.642. The lowest BCUT2D eigenvalue weighted by Gasteiger charge is -2.11. The van der Waals surface area contributed by atoms with Gasteiger partial charge in [-0.05, 0) is 54.7 Å². The normalized spacial score (nSPS) is 9.82. The van der Waals surface area contributed by atoms with Gasteiger partial charge in [-0.25, -0.2) is 0 Å². The van der Waals surface area contributed by atoms with Crippen molar-refractivity contribution in [3.63, 3.8) is 0 Å². The Morgan fingerprint density at radius 3 is 2.00 bits per heavy atom. The molecule has 0 saturated heterocycles. The molecule has 2 aromatic rings. The third-order valence-electron chi connectivity index (χ3n) is 2.83. The second-order valence-electron chi connectivity index (χ2n) is 4.47. The van der Waals surface area contributed by atoms with E-state index < -0.39 is 11.8 Å². The number of thiocarbonyl (C=S) groups is 1. The van der Waals surface area contributed by atoms with Crippen molar-refractivity contribution in [3.8, 4) is 0 Å². The average molecular weight is 314 g/mol. The van der Waals surface area contributed by atoms with E-state index in [0.717, 1.165) is 0 Å². The Bertz CT molecular complexity index is 729. The van der Waals surface area contributed by atoms with Crippen molar-refractivity contribution in [3.05, 3.63) is 59.7 Å². The van der Waals surface area contributed by atoms with Gasteiger partial charge in [-0.3, -0.25) is 9.59 Å². The SMILES string of the molecule is NC(=O)c1ccc(NC(=S)Nc2cccc(C(N)=O)c2)cc1. The van der Waals surface area contributed by atoms with E-state index >= 15 is 0 Å². The summed E-state index contributed by atoms with van der Waals surface area (Å²) in [4.78, 5) is 22.1. The van der Waals surface area contributed by atoms with E-state index in [2.05, 4.69) is 10.6 Å². The van der Waals surface area contributed by atoms with Gasteiger partial charge in [0.25, 0.3) is 0 Å². The fourth-order valence-electron chi connectivity index (χ4n) is 1.76. The second-order valence-corrected chi connectivity index (χ2v) is 4.87. The summed E-state index contributed by atoms with van der Waals surface area (Å²) in [5.74, 6) is -1.000. The summed E-state index contributed by atoms with van der Waals surface area (Å²) >= 11 is 5.18. The van der Waals surface area contributed by atoms with Crippen LogP contribution in [0.2, 0.25) is 0 Å². The molecule has 6 nitrogen and oxygen atoms in total. The summed E-state index contributed by atoms with van der Waals surface area (Å²) in [7, 11) is 0. The van der Waals surface area contributed by atoms with E-state index in [1.165, 1.54) is 0 Å². The van der Waals surface area contributed by atoms with Crippen LogP contribution in [-0.4, -0.2) is 16.9 Å². The van der Waals surface area contributed by atoms with Crippen molar-refractivity contribution >= 4 is 40.5 Å². The number of carbonyl (C=O) groups is 2. The van der Waals surface area contributed by atoms with Gasteiger partial charge in [0.1, 0.15) is 0 Å². The summed E-state index contributed by atoms with van der Waals surface area (Å²) in [5.41, 5.74) is 12.5. The van der Waals surface area contributed by atoms with Crippen LogP contribution in [0.25, 0.3) is 0 Å². The number of primary amides is 2. The highest BCUT2D eigenvalue weighted by molar-refractivity contribution is 7.80. The van der Waals surface area contributed by atoms with Gasteiger partial charge in [0, 0.05) is 22.5 Å². The molecule has 2 amide bonds.